The molecule has 0 spiro atoms. The number of nitrogens with zero attached hydrogens (tertiary/aromatic N) is 1. The third kappa shape index (κ3) is 3.04. The molecule has 13 heavy (non-hydrogen) atoms. The molecule has 0 aromatic heterocycles. The van der Waals surface area contributed by atoms with Crippen molar-refractivity contribution in [3.63, 3.8) is 0 Å². The number of rotatable bonds is 2. The van der Waals surface area contributed by atoms with Gasteiger partial charge < -0.3 is 0 Å². The van der Waals surface area contributed by atoms with Gasteiger partial charge in [0, 0.05) is 0 Å². The molecule has 0 N–H and O–H groups in total. The van der Waals surface area contributed by atoms with E-state index in [1.165, 1.54) is 32.4 Å². The van der Waals surface area contributed by atoms with E-state index in [1.54, 1.807) is 0 Å². The van der Waals surface area contributed by atoms with Crippen LogP contribution in [-0.2, 0) is 6.13 Å². The average molecular weight is 299 g/mol. The van der Waals surface area contributed by atoms with E-state index < -0.39 is 20.6 Å². The molecule has 0 radical (unpaired) electrons. The summed E-state index contributed by atoms with van der Waals surface area (Å²) < 4.78 is 11.3. The number of alkyl halides is 1. The van der Waals surface area contributed by atoms with Gasteiger partial charge >= 0.3 is 88.2 Å². The van der Waals surface area contributed by atoms with Crippen LogP contribution >= 0.6 is 20.6 Å². The topological polar surface area (TPSA) is 21.7 Å². The van der Waals surface area contributed by atoms with Crippen molar-refractivity contribution in [2.45, 2.75) is 25.4 Å². The maximum atomic E-state index is 5.76. The van der Waals surface area contributed by atoms with Crippen LogP contribution in [0.2, 0.25) is 0 Å². The fourth-order valence-corrected chi connectivity index (χ4v) is 4.27. The van der Waals surface area contributed by atoms with Crippen molar-refractivity contribution in [1.82, 2.24) is 4.90 Å². The Hall–Kier alpha value is 0.610. The monoisotopic (exact) mass is 299 g/mol. The first-order chi connectivity index (χ1) is 6.34. The van der Waals surface area contributed by atoms with Gasteiger partial charge in [-0.3, -0.25) is 0 Å². The summed E-state index contributed by atoms with van der Waals surface area (Å²) in [5, 5.41) is 0. The Kier molecular flexibility index (Phi) is 3.83. The minimum absolute atomic E-state index is 0.383. The molecule has 2 heterocycles. The molecule has 1 unspecified atom stereocenters. The van der Waals surface area contributed by atoms with Crippen molar-refractivity contribution in [3.05, 3.63) is 0 Å². The van der Waals surface area contributed by atoms with Crippen LogP contribution in [0.4, 0.5) is 0 Å². The SMILES string of the molecule is CI1OCC(CN2CCCCC2)O1. The van der Waals surface area contributed by atoms with E-state index >= 15 is 0 Å². The van der Waals surface area contributed by atoms with Gasteiger partial charge in [-0.15, -0.1) is 0 Å². The number of halogens is 1. The summed E-state index contributed by atoms with van der Waals surface area (Å²) >= 11 is -1.36. The molecule has 1 atom stereocenters. The van der Waals surface area contributed by atoms with Crippen molar-refractivity contribution in [3.8, 4) is 0 Å². The summed E-state index contributed by atoms with van der Waals surface area (Å²) in [6.45, 7) is 4.47. The summed E-state index contributed by atoms with van der Waals surface area (Å²) in [4.78, 5) is 4.65. The molecule has 0 aliphatic carbocycles. The predicted octanol–water partition coefficient (Wildman–Crippen LogP) is 1.85. The molecule has 0 aromatic carbocycles. The van der Waals surface area contributed by atoms with E-state index in [0.717, 1.165) is 13.2 Å². The van der Waals surface area contributed by atoms with Crippen molar-refractivity contribution in [1.29, 1.82) is 0 Å². The molecule has 0 amide bonds. The van der Waals surface area contributed by atoms with Gasteiger partial charge in [0.15, 0.2) is 0 Å². The van der Waals surface area contributed by atoms with Crippen LogP contribution in [0.1, 0.15) is 19.3 Å². The number of likely N-dealkylation sites (tertiary alicyclic amines) is 1. The minimum atomic E-state index is -1.36. The van der Waals surface area contributed by atoms with Crippen LogP contribution in [0.25, 0.3) is 0 Å². The second-order valence-corrected chi connectivity index (χ2v) is 6.97. The van der Waals surface area contributed by atoms with Crippen LogP contribution in [0, 0.1) is 0 Å². The van der Waals surface area contributed by atoms with Crippen LogP contribution in [0.15, 0.2) is 0 Å². The van der Waals surface area contributed by atoms with Crippen LogP contribution in [0.5, 0.6) is 0 Å². The second kappa shape index (κ2) is 4.91. The average Bonchev–Trinajstić information content (AvgIpc) is 2.53. The van der Waals surface area contributed by atoms with Gasteiger partial charge in [0.1, 0.15) is 0 Å². The first-order valence-electron chi connectivity index (χ1n) is 4.98. The second-order valence-electron chi connectivity index (χ2n) is 3.72. The number of hydrogen-bond donors (Lipinski definition) is 0. The van der Waals surface area contributed by atoms with E-state index in [9.17, 15) is 0 Å². The Labute approximate surface area is 88.2 Å². The Morgan fingerprint density at radius 3 is 2.69 bits per heavy atom. The molecule has 2 aliphatic rings. The Balaban J connectivity index is 1.71. The molecule has 78 valence electrons. The van der Waals surface area contributed by atoms with Gasteiger partial charge in [-0.1, -0.05) is 0 Å². The Morgan fingerprint density at radius 2 is 2.08 bits per heavy atom. The molecular weight excluding hydrogens is 281 g/mol. The normalized spacial score (nSPS) is 33.9. The zero-order chi connectivity index (χ0) is 9.10. The molecule has 2 aliphatic heterocycles. The van der Waals surface area contributed by atoms with E-state index in [4.69, 9.17) is 6.13 Å². The van der Waals surface area contributed by atoms with E-state index in [-0.39, 0.29) is 0 Å². The Morgan fingerprint density at radius 1 is 1.31 bits per heavy atom. The summed E-state index contributed by atoms with van der Waals surface area (Å²) in [6.07, 6.45) is 4.52. The van der Waals surface area contributed by atoms with Crippen LogP contribution in [0.3, 0.4) is 0 Å². The third-order valence-corrected chi connectivity index (χ3v) is 5.24. The van der Waals surface area contributed by atoms with Gasteiger partial charge in [-0.05, 0) is 0 Å². The summed E-state index contributed by atoms with van der Waals surface area (Å²) in [7, 11) is 0. The van der Waals surface area contributed by atoms with Gasteiger partial charge in [0.2, 0.25) is 0 Å². The first kappa shape index (κ1) is 10.1. The molecule has 0 saturated carbocycles. The van der Waals surface area contributed by atoms with E-state index in [0.29, 0.717) is 6.10 Å². The van der Waals surface area contributed by atoms with Gasteiger partial charge in [-0.2, -0.15) is 0 Å². The first-order valence-corrected chi connectivity index (χ1v) is 8.90. The van der Waals surface area contributed by atoms with Crippen molar-refractivity contribution in [2.75, 3.05) is 31.2 Å². The predicted molar refractivity (Wildman–Crippen MR) is 61.1 cm³/mol. The Bertz CT molecular complexity index is 159. The van der Waals surface area contributed by atoms with Crippen LogP contribution < -0.4 is 0 Å². The summed E-state index contributed by atoms with van der Waals surface area (Å²) in [6, 6.07) is 0. The number of hydrogen-bond acceptors (Lipinski definition) is 3. The maximum absolute atomic E-state index is 5.76. The van der Waals surface area contributed by atoms with Crippen molar-refractivity contribution < 1.29 is 6.13 Å². The molecule has 0 bridgehead atoms. The quantitative estimate of drug-likeness (QED) is 0.574. The zero-order valence-electron chi connectivity index (χ0n) is 8.17. The van der Waals surface area contributed by atoms with E-state index in [2.05, 4.69) is 9.83 Å². The van der Waals surface area contributed by atoms with Gasteiger partial charge in [0.05, 0.1) is 0 Å². The van der Waals surface area contributed by atoms with Gasteiger partial charge in [-0.25, -0.2) is 0 Å². The summed E-state index contributed by atoms with van der Waals surface area (Å²) in [5.41, 5.74) is 0. The van der Waals surface area contributed by atoms with Crippen molar-refractivity contribution in [2.24, 2.45) is 0 Å². The standard InChI is InChI=1S/C9H18INO2/c1-10-12-8-9(13-10)7-11-5-3-2-4-6-11/h9H,2-8H2,1H3. The fraction of sp³-hybridized carbons (Fsp3) is 1.00. The third-order valence-electron chi connectivity index (χ3n) is 2.56. The number of piperidine rings is 1. The molecule has 2 saturated heterocycles. The van der Waals surface area contributed by atoms with Crippen molar-refractivity contribution >= 4 is 20.6 Å². The fourth-order valence-electron chi connectivity index (χ4n) is 1.90. The van der Waals surface area contributed by atoms with Gasteiger partial charge in [0.25, 0.3) is 0 Å². The molecule has 3 nitrogen and oxygen atoms in total. The molecule has 2 fully saturated rings. The molecule has 2 rings (SSSR count). The van der Waals surface area contributed by atoms with E-state index in [1.807, 2.05) is 0 Å². The summed E-state index contributed by atoms with van der Waals surface area (Å²) in [5.74, 6) is 0. The molecule has 4 heteroatoms. The molecule has 0 aromatic rings. The van der Waals surface area contributed by atoms with Crippen LogP contribution in [-0.4, -0.2) is 42.2 Å². The molecular formula is C9H18INO2. The zero-order valence-corrected chi connectivity index (χ0v) is 10.3.